The Balaban J connectivity index is 2.02. The van der Waals surface area contributed by atoms with Crippen LogP contribution in [0.2, 0.25) is 0 Å². The largest absolute Gasteiger partial charge is 0.398 e. The lowest BCUT2D eigenvalue weighted by Gasteiger charge is -2.06. The molecule has 1 aliphatic rings. The van der Waals surface area contributed by atoms with Gasteiger partial charge in [0.15, 0.2) is 0 Å². The number of amides is 1. The molecule has 1 atom stereocenters. The van der Waals surface area contributed by atoms with Crippen molar-refractivity contribution < 1.29 is 13.4 Å². The Morgan fingerprint density at radius 1 is 1.53 bits per heavy atom. The minimum absolute atomic E-state index is 0.176. The van der Waals surface area contributed by atoms with E-state index in [2.05, 4.69) is 5.32 Å². The van der Waals surface area contributed by atoms with Crippen LogP contribution < -0.4 is 11.1 Å². The van der Waals surface area contributed by atoms with E-state index in [1.54, 1.807) is 0 Å². The maximum atomic E-state index is 13.0. The first-order valence-corrected chi connectivity index (χ1v) is 6.61. The molecule has 4 nitrogen and oxygen atoms in total. The van der Waals surface area contributed by atoms with E-state index in [0.29, 0.717) is 0 Å². The highest BCUT2D eigenvalue weighted by Crippen LogP contribution is 2.20. The van der Waals surface area contributed by atoms with Crippen molar-refractivity contribution in [3.05, 3.63) is 24.0 Å². The summed E-state index contributed by atoms with van der Waals surface area (Å²) < 4.78 is 24.8. The third-order valence-corrected chi connectivity index (χ3v) is 3.79. The molecule has 1 fully saturated rings. The predicted octanol–water partition coefficient (Wildman–Crippen LogP) is 0.794. The van der Waals surface area contributed by atoms with Gasteiger partial charge in [-0.05, 0) is 31.0 Å². The molecule has 92 valence electrons. The Hall–Kier alpha value is -1.43. The summed E-state index contributed by atoms with van der Waals surface area (Å²) >= 11 is 0. The van der Waals surface area contributed by atoms with Crippen LogP contribution >= 0.6 is 0 Å². The Morgan fingerprint density at radius 3 is 2.88 bits per heavy atom. The third-order valence-electron chi connectivity index (χ3n) is 2.43. The Bertz CT molecular complexity index is 475. The Kier molecular flexibility index (Phi) is 3.42. The molecule has 1 unspecified atom stereocenters. The van der Waals surface area contributed by atoms with E-state index in [4.69, 9.17) is 5.73 Å². The zero-order valence-electron chi connectivity index (χ0n) is 9.11. The maximum Gasteiger partial charge on any atom is 0.233 e. The summed E-state index contributed by atoms with van der Waals surface area (Å²) in [5.41, 5.74) is 5.83. The van der Waals surface area contributed by atoms with Gasteiger partial charge in [-0.25, -0.2) is 4.39 Å². The number of carbonyl (C=O) groups is 1. The first-order valence-electron chi connectivity index (χ1n) is 5.29. The maximum absolute atomic E-state index is 13.0. The number of halogens is 1. The van der Waals surface area contributed by atoms with Gasteiger partial charge in [0.25, 0.3) is 0 Å². The van der Waals surface area contributed by atoms with Gasteiger partial charge in [-0.15, -0.1) is 0 Å². The number of nitrogens with one attached hydrogen (secondary N) is 1. The van der Waals surface area contributed by atoms with Crippen LogP contribution in [-0.2, 0) is 15.6 Å². The molecule has 17 heavy (non-hydrogen) atoms. The summed E-state index contributed by atoms with van der Waals surface area (Å²) in [6, 6.07) is 3.88. The Labute approximate surface area is 101 Å². The molecule has 0 spiro atoms. The zero-order chi connectivity index (χ0) is 12.4. The number of nitrogens with two attached hydrogens (primary N) is 1. The molecule has 1 aromatic rings. The average molecular weight is 256 g/mol. The van der Waals surface area contributed by atoms with Crippen molar-refractivity contribution in [3.63, 3.8) is 0 Å². The fraction of sp³-hybridized carbons (Fsp3) is 0.364. The third kappa shape index (κ3) is 3.26. The van der Waals surface area contributed by atoms with E-state index >= 15 is 0 Å². The topological polar surface area (TPSA) is 72.2 Å². The smallest absolute Gasteiger partial charge is 0.233 e. The molecule has 0 bridgehead atoms. The van der Waals surface area contributed by atoms with E-state index in [1.165, 1.54) is 12.1 Å². The first kappa shape index (κ1) is 12.0. The number of nitrogen functional groups attached to an aromatic ring is 1. The summed E-state index contributed by atoms with van der Waals surface area (Å²) in [6.45, 7) is 0. The van der Waals surface area contributed by atoms with Crippen molar-refractivity contribution in [2.45, 2.75) is 23.8 Å². The molecular weight excluding hydrogens is 243 g/mol. The standard InChI is InChI=1S/C11H13FN2O2S/c12-7-1-4-9(13)10(5-7)17(16)6-11(15)14-8-2-3-8/h1,4-5,8H,2-3,6,13H2,(H,14,15). The van der Waals surface area contributed by atoms with Crippen molar-refractivity contribution in [2.24, 2.45) is 0 Å². The van der Waals surface area contributed by atoms with Crippen LogP contribution in [0.15, 0.2) is 23.1 Å². The van der Waals surface area contributed by atoms with E-state index in [9.17, 15) is 13.4 Å². The molecule has 1 saturated carbocycles. The highest BCUT2D eigenvalue weighted by molar-refractivity contribution is 7.86. The van der Waals surface area contributed by atoms with Gasteiger partial charge >= 0.3 is 0 Å². The lowest BCUT2D eigenvalue weighted by Crippen LogP contribution is -2.30. The SMILES string of the molecule is Nc1ccc(F)cc1S(=O)CC(=O)NC1CC1. The van der Waals surface area contributed by atoms with Crippen molar-refractivity contribution in [3.8, 4) is 0 Å². The molecule has 0 aliphatic heterocycles. The lowest BCUT2D eigenvalue weighted by molar-refractivity contribution is -0.118. The van der Waals surface area contributed by atoms with Crippen molar-refractivity contribution in [1.29, 1.82) is 0 Å². The fourth-order valence-electron chi connectivity index (χ4n) is 1.40. The zero-order valence-corrected chi connectivity index (χ0v) is 9.93. The van der Waals surface area contributed by atoms with Crippen molar-refractivity contribution >= 4 is 22.4 Å². The Morgan fingerprint density at radius 2 is 2.24 bits per heavy atom. The second kappa shape index (κ2) is 4.83. The number of hydrogen-bond donors (Lipinski definition) is 2. The molecule has 0 heterocycles. The number of anilines is 1. The molecule has 3 N–H and O–H groups in total. The predicted molar refractivity (Wildman–Crippen MR) is 63.3 cm³/mol. The number of hydrogen-bond acceptors (Lipinski definition) is 3. The molecule has 6 heteroatoms. The van der Waals surface area contributed by atoms with Gasteiger partial charge in [0, 0.05) is 11.7 Å². The highest BCUT2D eigenvalue weighted by atomic mass is 32.2. The van der Waals surface area contributed by atoms with Gasteiger partial charge in [0.2, 0.25) is 5.91 Å². The molecule has 0 radical (unpaired) electrons. The average Bonchev–Trinajstić information content (AvgIpc) is 3.05. The van der Waals surface area contributed by atoms with Crippen LogP contribution in [-0.4, -0.2) is 21.9 Å². The first-order chi connectivity index (χ1) is 8.06. The number of benzene rings is 1. The molecule has 1 aromatic carbocycles. The van der Waals surface area contributed by atoms with Crippen LogP contribution in [0.4, 0.5) is 10.1 Å². The van der Waals surface area contributed by atoms with Crippen molar-refractivity contribution in [1.82, 2.24) is 5.32 Å². The molecular formula is C11H13FN2O2S. The summed E-state index contributed by atoms with van der Waals surface area (Å²) in [5.74, 6) is -0.968. The summed E-state index contributed by atoms with van der Waals surface area (Å²) in [5, 5.41) is 2.72. The van der Waals surface area contributed by atoms with Crippen LogP contribution in [0.3, 0.4) is 0 Å². The van der Waals surface area contributed by atoms with Crippen LogP contribution in [0.5, 0.6) is 0 Å². The second-order valence-electron chi connectivity index (χ2n) is 4.01. The van der Waals surface area contributed by atoms with Crippen molar-refractivity contribution in [2.75, 3.05) is 11.5 Å². The van der Waals surface area contributed by atoms with Gasteiger partial charge in [0.1, 0.15) is 11.6 Å². The normalized spacial score (nSPS) is 16.5. The fourth-order valence-corrected chi connectivity index (χ4v) is 2.45. The summed E-state index contributed by atoms with van der Waals surface area (Å²) in [7, 11) is -1.60. The molecule has 0 saturated heterocycles. The number of rotatable bonds is 4. The van der Waals surface area contributed by atoms with Crippen LogP contribution in [0.25, 0.3) is 0 Å². The highest BCUT2D eigenvalue weighted by Gasteiger charge is 2.24. The van der Waals surface area contributed by atoms with Gasteiger partial charge in [0.05, 0.1) is 15.7 Å². The van der Waals surface area contributed by atoms with Gasteiger partial charge < -0.3 is 11.1 Å². The minimum atomic E-state index is -1.60. The van der Waals surface area contributed by atoms with Crippen LogP contribution in [0, 0.1) is 5.82 Å². The van der Waals surface area contributed by atoms with E-state index in [1.807, 2.05) is 0 Å². The van der Waals surface area contributed by atoms with E-state index in [0.717, 1.165) is 18.9 Å². The quantitative estimate of drug-likeness (QED) is 0.782. The molecule has 1 aliphatic carbocycles. The second-order valence-corrected chi connectivity index (χ2v) is 5.43. The van der Waals surface area contributed by atoms with Gasteiger partial charge in [-0.3, -0.25) is 9.00 Å². The molecule has 2 rings (SSSR count). The summed E-state index contributed by atoms with van der Waals surface area (Å²) in [4.78, 5) is 11.6. The van der Waals surface area contributed by atoms with Gasteiger partial charge in [-0.2, -0.15) is 0 Å². The molecule has 1 amide bonds. The van der Waals surface area contributed by atoms with Gasteiger partial charge in [-0.1, -0.05) is 0 Å². The monoisotopic (exact) mass is 256 g/mol. The minimum Gasteiger partial charge on any atom is -0.398 e. The van der Waals surface area contributed by atoms with E-state index < -0.39 is 16.6 Å². The number of carbonyl (C=O) groups excluding carboxylic acids is 1. The lowest BCUT2D eigenvalue weighted by atomic mass is 10.3. The molecule has 0 aromatic heterocycles. The van der Waals surface area contributed by atoms with Crippen LogP contribution in [0.1, 0.15) is 12.8 Å². The summed E-state index contributed by atoms with van der Waals surface area (Å²) in [6.07, 6.45) is 1.95. The van der Waals surface area contributed by atoms with E-state index in [-0.39, 0.29) is 28.3 Å².